The normalized spacial score (nSPS) is 10.1. The molecule has 1 aromatic carbocycles. The molecule has 0 unspecified atom stereocenters. The zero-order valence-electron chi connectivity index (χ0n) is 6.76. The Morgan fingerprint density at radius 2 is 2.17 bits per heavy atom. The molecule has 3 N–H and O–H groups in total. The van der Waals surface area contributed by atoms with Gasteiger partial charge in [0.1, 0.15) is 5.75 Å². The van der Waals surface area contributed by atoms with E-state index in [1.54, 1.807) is 12.1 Å². The van der Waals surface area contributed by atoms with Gasteiger partial charge in [0.05, 0.1) is 5.69 Å². The number of benzene rings is 1. The first-order valence-corrected chi connectivity index (χ1v) is 4.41. The van der Waals surface area contributed by atoms with Crippen LogP contribution in [0.25, 0.3) is 0 Å². The van der Waals surface area contributed by atoms with Crippen molar-refractivity contribution in [3.05, 3.63) is 23.8 Å². The molecular formula is C9H12ClNO. The summed E-state index contributed by atoms with van der Waals surface area (Å²) in [6, 6.07) is 5.27. The average Bonchev–Trinajstić information content (AvgIpc) is 2.08. The summed E-state index contributed by atoms with van der Waals surface area (Å²) < 4.78 is 0. The number of nitrogens with two attached hydrogens (primary N) is 1. The molecule has 0 aliphatic carbocycles. The van der Waals surface area contributed by atoms with Gasteiger partial charge in [-0.1, -0.05) is 12.1 Å². The number of alkyl halides is 1. The van der Waals surface area contributed by atoms with Crippen molar-refractivity contribution in [2.24, 2.45) is 0 Å². The third kappa shape index (κ3) is 2.05. The Morgan fingerprint density at radius 1 is 1.42 bits per heavy atom. The molecule has 0 bridgehead atoms. The summed E-state index contributed by atoms with van der Waals surface area (Å²) in [5.41, 5.74) is 7.07. The summed E-state index contributed by atoms with van der Waals surface area (Å²) in [5, 5.41) is 9.24. The third-order valence-corrected chi connectivity index (χ3v) is 2.02. The standard InChI is InChI=1S/C9H12ClNO/c10-6-2-4-7-3-1-5-8(12)9(7)11/h1,3,5,12H,2,4,6,11H2. The number of aryl methyl sites for hydroxylation is 1. The summed E-state index contributed by atoms with van der Waals surface area (Å²) in [4.78, 5) is 0. The Labute approximate surface area is 77.0 Å². The molecule has 0 fully saturated rings. The maximum atomic E-state index is 9.24. The van der Waals surface area contributed by atoms with E-state index in [0.29, 0.717) is 11.6 Å². The zero-order chi connectivity index (χ0) is 8.97. The second-order valence-corrected chi connectivity index (χ2v) is 3.02. The van der Waals surface area contributed by atoms with Gasteiger partial charge in [-0.05, 0) is 24.5 Å². The highest BCUT2D eigenvalue weighted by Crippen LogP contribution is 2.24. The van der Waals surface area contributed by atoms with Gasteiger partial charge >= 0.3 is 0 Å². The molecule has 2 nitrogen and oxygen atoms in total. The molecule has 0 amide bonds. The van der Waals surface area contributed by atoms with E-state index < -0.39 is 0 Å². The number of nitrogen functional groups attached to an aromatic ring is 1. The van der Waals surface area contributed by atoms with Crippen LogP contribution in [0.3, 0.4) is 0 Å². The molecule has 0 saturated heterocycles. The minimum absolute atomic E-state index is 0.155. The van der Waals surface area contributed by atoms with Gasteiger partial charge in [-0.25, -0.2) is 0 Å². The summed E-state index contributed by atoms with van der Waals surface area (Å²) >= 11 is 5.54. The van der Waals surface area contributed by atoms with Crippen LogP contribution in [0.5, 0.6) is 5.75 Å². The lowest BCUT2D eigenvalue weighted by Crippen LogP contribution is -1.95. The Hall–Kier alpha value is -0.890. The van der Waals surface area contributed by atoms with E-state index in [4.69, 9.17) is 17.3 Å². The Kier molecular flexibility index (Phi) is 3.23. The maximum absolute atomic E-state index is 9.24. The van der Waals surface area contributed by atoms with Crippen LogP contribution in [0.15, 0.2) is 18.2 Å². The number of hydrogen-bond acceptors (Lipinski definition) is 2. The lowest BCUT2D eigenvalue weighted by molar-refractivity contribution is 0.477. The van der Waals surface area contributed by atoms with E-state index in [2.05, 4.69) is 0 Å². The van der Waals surface area contributed by atoms with Crippen LogP contribution in [-0.2, 0) is 6.42 Å². The number of rotatable bonds is 3. The first-order chi connectivity index (χ1) is 5.75. The van der Waals surface area contributed by atoms with Crippen molar-refractivity contribution < 1.29 is 5.11 Å². The molecule has 0 aliphatic rings. The van der Waals surface area contributed by atoms with Gasteiger partial charge in [0, 0.05) is 5.88 Å². The molecule has 1 rings (SSSR count). The molecule has 0 aromatic heterocycles. The lowest BCUT2D eigenvalue weighted by atomic mass is 10.1. The summed E-state index contributed by atoms with van der Waals surface area (Å²) in [6.45, 7) is 0. The van der Waals surface area contributed by atoms with Crippen molar-refractivity contribution in [1.29, 1.82) is 0 Å². The second-order valence-electron chi connectivity index (χ2n) is 2.64. The average molecular weight is 186 g/mol. The minimum atomic E-state index is 0.155. The summed E-state index contributed by atoms with van der Waals surface area (Å²) in [7, 11) is 0. The van der Waals surface area contributed by atoms with Gasteiger partial charge in [0.2, 0.25) is 0 Å². The van der Waals surface area contributed by atoms with Crippen LogP contribution >= 0.6 is 11.6 Å². The number of anilines is 1. The first kappa shape index (κ1) is 9.20. The predicted octanol–water partition coefficient (Wildman–Crippen LogP) is 2.15. The molecule has 0 radical (unpaired) electrons. The van der Waals surface area contributed by atoms with Crippen LogP contribution in [0.4, 0.5) is 5.69 Å². The summed E-state index contributed by atoms with van der Waals surface area (Å²) in [6.07, 6.45) is 1.71. The van der Waals surface area contributed by atoms with Gasteiger partial charge in [-0.3, -0.25) is 0 Å². The highest BCUT2D eigenvalue weighted by atomic mass is 35.5. The fraction of sp³-hybridized carbons (Fsp3) is 0.333. The molecule has 0 saturated carbocycles. The molecule has 0 spiro atoms. The molecule has 1 aromatic rings. The number of halogens is 1. The molecule has 12 heavy (non-hydrogen) atoms. The Morgan fingerprint density at radius 3 is 2.83 bits per heavy atom. The third-order valence-electron chi connectivity index (χ3n) is 1.75. The number of para-hydroxylation sites is 1. The fourth-order valence-corrected chi connectivity index (χ4v) is 1.21. The fourth-order valence-electron chi connectivity index (χ4n) is 1.07. The maximum Gasteiger partial charge on any atom is 0.138 e. The van der Waals surface area contributed by atoms with Crippen molar-refractivity contribution in [3.63, 3.8) is 0 Å². The predicted molar refractivity (Wildman–Crippen MR) is 51.6 cm³/mol. The van der Waals surface area contributed by atoms with Crippen LogP contribution in [0.2, 0.25) is 0 Å². The molecule has 0 atom stereocenters. The summed E-state index contributed by atoms with van der Waals surface area (Å²) in [5.74, 6) is 0.775. The van der Waals surface area contributed by atoms with E-state index in [-0.39, 0.29) is 5.75 Å². The molecule has 0 heterocycles. The second kappa shape index (κ2) is 4.21. The van der Waals surface area contributed by atoms with Crippen LogP contribution in [0.1, 0.15) is 12.0 Å². The topological polar surface area (TPSA) is 46.2 Å². The van der Waals surface area contributed by atoms with Crippen molar-refractivity contribution in [2.45, 2.75) is 12.8 Å². The van der Waals surface area contributed by atoms with Gasteiger partial charge in [-0.15, -0.1) is 11.6 Å². The zero-order valence-corrected chi connectivity index (χ0v) is 7.51. The molecule has 66 valence electrons. The largest absolute Gasteiger partial charge is 0.506 e. The van der Waals surface area contributed by atoms with Gasteiger partial charge < -0.3 is 10.8 Å². The monoisotopic (exact) mass is 185 g/mol. The van der Waals surface area contributed by atoms with Crippen LogP contribution in [0, 0.1) is 0 Å². The molecular weight excluding hydrogens is 174 g/mol. The molecule has 0 aliphatic heterocycles. The number of hydrogen-bond donors (Lipinski definition) is 2. The number of phenolic OH excluding ortho intramolecular Hbond substituents is 1. The van der Waals surface area contributed by atoms with E-state index in [1.165, 1.54) is 0 Å². The highest BCUT2D eigenvalue weighted by Gasteiger charge is 2.01. The van der Waals surface area contributed by atoms with Crippen molar-refractivity contribution in [3.8, 4) is 5.75 Å². The lowest BCUT2D eigenvalue weighted by Gasteiger charge is -2.05. The van der Waals surface area contributed by atoms with Gasteiger partial charge in [0.25, 0.3) is 0 Å². The number of phenols is 1. The SMILES string of the molecule is Nc1c(O)cccc1CCCCl. The van der Waals surface area contributed by atoms with Crippen molar-refractivity contribution in [1.82, 2.24) is 0 Å². The van der Waals surface area contributed by atoms with Crippen molar-refractivity contribution in [2.75, 3.05) is 11.6 Å². The van der Waals surface area contributed by atoms with Gasteiger partial charge in [0.15, 0.2) is 0 Å². The van der Waals surface area contributed by atoms with E-state index in [1.807, 2.05) is 6.07 Å². The van der Waals surface area contributed by atoms with E-state index in [0.717, 1.165) is 18.4 Å². The molecule has 3 heteroatoms. The Bertz CT molecular complexity index is 263. The van der Waals surface area contributed by atoms with Crippen LogP contribution < -0.4 is 5.73 Å². The van der Waals surface area contributed by atoms with Crippen molar-refractivity contribution >= 4 is 17.3 Å². The number of aromatic hydroxyl groups is 1. The van der Waals surface area contributed by atoms with E-state index >= 15 is 0 Å². The Balaban J connectivity index is 2.78. The smallest absolute Gasteiger partial charge is 0.138 e. The van der Waals surface area contributed by atoms with E-state index in [9.17, 15) is 5.11 Å². The van der Waals surface area contributed by atoms with Crippen LogP contribution in [-0.4, -0.2) is 11.0 Å². The van der Waals surface area contributed by atoms with Gasteiger partial charge in [-0.2, -0.15) is 0 Å². The quantitative estimate of drug-likeness (QED) is 0.431. The first-order valence-electron chi connectivity index (χ1n) is 3.88. The minimum Gasteiger partial charge on any atom is -0.506 e. The highest BCUT2D eigenvalue weighted by molar-refractivity contribution is 6.17.